The summed E-state index contributed by atoms with van der Waals surface area (Å²) in [6.07, 6.45) is 4.53. The Hall–Kier alpha value is -0.0800. The summed E-state index contributed by atoms with van der Waals surface area (Å²) < 4.78 is 0. The molecule has 14 heavy (non-hydrogen) atoms. The van der Waals surface area contributed by atoms with Gasteiger partial charge < -0.3 is 10.2 Å². The maximum absolute atomic E-state index is 10.3. The molecule has 0 saturated heterocycles. The second-order valence-electron chi connectivity index (χ2n) is 5.54. The van der Waals surface area contributed by atoms with Gasteiger partial charge in [-0.2, -0.15) is 0 Å². The Kier molecular flexibility index (Phi) is 3.59. The summed E-state index contributed by atoms with van der Waals surface area (Å²) in [6, 6.07) is 0. The molecule has 1 rings (SSSR count). The molecule has 0 aromatic heterocycles. The molecule has 2 unspecified atom stereocenters. The first-order valence-corrected chi connectivity index (χ1v) is 5.75. The number of hydrogen-bond donors (Lipinski definition) is 2. The third kappa shape index (κ3) is 2.48. The van der Waals surface area contributed by atoms with Gasteiger partial charge in [0.2, 0.25) is 0 Å². The van der Waals surface area contributed by atoms with Crippen LogP contribution in [-0.2, 0) is 0 Å². The molecule has 0 amide bonds. The highest BCUT2D eigenvalue weighted by molar-refractivity contribution is 4.93. The maximum Gasteiger partial charge on any atom is 0.0674 e. The zero-order valence-electron chi connectivity index (χ0n) is 9.71. The van der Waals surface area contributed by atoms with E-state index in [0.717, 1.165) is 19.3 Å². The molecule has 0 aromatic rings. The van der Waals surface area contributed by atoms with E-state index in [1.54, 1.807) is 0 Å². The van der Waals surface area contributed by atoms with E-state index < -0.39 is 5.60 Å². The van der Waals surface area contributed by atoms with Crippen LogP contribution in [0.15, 0.2) is 0 Å². The van der Waals surface area contributed by atoms with Crippen LogP contribution in [-0.4, -0.2) is 22.4 Å². The molecule has 1 fully saturated rings. The van der Waals surface area contributed by atoms with Crippen LogP contribution < -0.4 is 0 Å². The van der Waals surface area contributed by atoms with Gasteiger partial charge in [0.1, 0.15) is 0 Å². The van der Waals surface area contributed by atoms with Crippen molar-refractivity contribution in [3.8, 4) is 0 Å². The summed E-state index contributed by atoms with van der Waals surface area (Å²) in [6.45, 7) is 6.82. The molecule has 0 aliphatic heterocycles. The molecule has 2 atom stereocenters. The lowest BCUT2D eigenvalue weighted by Crippen LogP contribution is -2.43. The molecule has 0 heterocycles. The van der Waals surface area contributed by atoms with E-state index in [2.05, 4.69) is 20.8 Å². The van der Waals surface area contributed by atoms with Crippen molar-refractivity contribution in [1.29, 1.82) is 0 Å². The highest BCUT2D eigenvalue weighted by Crippen LogP contribution is 2.47. The van der Waals surface area contributed by atoms with Crippen molar-refractivity contribution < 1.29 is 10.2 Å². The minimum atomic E-state index is -0.605. The molecule has 2 nitrogen and oxygen atoms in total. The fraction of sp³-hybridized carbons (Fsp3) is 1.00. The van der Waals surface area contributed by atoms with Crippen molar-refractivity contribution in [2.75, 3.05) is 6.61 Å². The third-order valence-corrected chi connectivity index (χ3v) is 4.09. The van der Waals surface area contributed by atoms with Gasteiger partial charge >= 0.3 is 0 Å². The lowest BCUT2D eigenvalue weighted by atomic mass is 9.63. The van der Waals surface area contributed by atoms with Crippen molar-refractivity contribution in [1.82, 2.24) is 0 Å². The minimum absolute atomic E-state index is 0.102. The average molecular weight is 200 g/mol. The number of aliphatic hydroxyl groups is 2. The average Bonchev–Trinajstić information content (AvgIpc) is 2.03. The smallest absolute Gasteiger partial charge is 0.0674 e. The number of aliphatic hydroxyl groups excluding tert-OH is 1. The first-order chi connectivity index (χ1) is 6.42. The van der Waals surface area contributed by atoms with Gasteiger partial charge in [0.15, 0.2) is 0 Å². The van der Waals surface area contributed by atoms with E-state index in [9.17, 15) is 5.11 Å². The minimum Gasteiger partial charge on any atom is -0.396 e. The highest BCUT2D eigenvalue weighted by Gasteiger charge is 2.41. The molecular weight excluding hydrogens is 176 g/mol. The standard InChI is InChI=1S/C12H24O2/c1-10(2)11(3)5-4-6-12(14,9-11)7-8-13/h10,13-14H,4-9H2,1-3H3. The monoisotopic (exact) mass is 200 g/mol. The Morgan fingerprint density at radius 3 is 2.43 bits per heavy atom. The molecule has 2 N–H and O–H groups in total. The van der Waals surface area contributed by atoms with Crippen LogP contribution >= 0.6 is 0 Å². The van der Waals surface area contributed by atoms with Crippen LogP contribution in [0.4, 0.5) is 0 Å². The Balaban J connectivity index is 2.67. The molecule has 2 heteroatoms. The second kappa shape index (κ2) is 4.19. The van der Waals surface area contributed by atoms with Crippen molar-refractivity contribution in [3.63, 3.8) is 0 Å². The van der Waals surface area contributed by atoms with E-state index in [0.29, 0.717) is 12.3 Å². The van der Waals surface area contributed by atoms with Crippen LogP contribution in [0.2, 0.25) is 0 Å². The number of hydrogen-bond acceptors (Lipinski definition) is 2. The van der Waals surface area contributed by atoms with Crippen molar-refractivity contribution in [2.24, 2.45) is 11.3 Å². The third-order valence-electron chi connectivity index (χ3n) is 4.09. The predicted octanol–water partition coefficient (Wildman–Crippen LogP) is 2.34. The van der Waals surface area contributed by atoms with Gasteiger partial charge in [-0.05, 0) is 37.0 Å². The Labute approximate surface area is 87.3 Å². The van der Waals surface area contributed by atoms with Crippen molar-refractivity contribution >= 4 is 0 Å². The zero-order valence-corrected chi connectivity index (χ0v) is 9.71. The van der Waals surface area contributed by atoms with Gasteiger partial charge in [0.25, 0.3) is 0 Å². The molecule has 0 aromatic carbocycles. The van der Waals surface area contributed by atoms with Crippen molar-refractivity contribution in [3.05, 3.63) is 0 Å². The van der Waals surface area contributed by atoms with Crippen LogP contribution in [0.5, 0.6) is 0 Å². The van der Waals surface area contributed by atoms with Crippen LogP contribution in [0.3, 0.4) is 0 Å². The predicted molar refractivity (Wildman–Crippen MR) is 58.1 cm³/mol. The normalized spacial score (nSPS) is 39.0. The molecule has 1 aliphatic rings. The van der Waals surface area contributed by atoms with E-state index in [4.69, 9.17) is 5.11 Å². The summed E-state index contributed by atoms with van der Waals surface area (Å²) in [5.74, 6) is 0.605. The lowest BCUT2D eigenvalue weighted by molar-refractivity contribution is -0.0716. The SMILES string of the molecule is CC(C)C1(C)CCCC(O)(CCO)C1. The van der Waals surface area contributed by atoms with E-state index in [-0.39, 0.29) is 12.0 Å². The molecule has 84 valence electrons. The fourth-order valence-corrected chi connectivity index (χ4v) is 2.66. The summed E-state index contributed by atoms with van der Waals surface area (Å²) in [5.41, 5.74) is -0.353. The summed E-state index contributed by atoms with van der Waals surface area (Å²) in [4.78, 5) is 0. The first-order valence-electron chi connectivity index (χ1n) is 5.75. The van der Waals surface area contributed by atoms with E-state index in [1.807, 2.05) is 0 Å². The molecule has 0 spiro atoms. The van der Waals surface area contributed by atoms with E-state index in [1.165, 1.54) is 6.42 Å². The van der Waals surface area contributed by atoms with Crippen molar-refractivity contribution in [2.45, 2.75) is 58.5 Å². The molecule has 1 aliphatic carbocycles. The first kappa shape index (κ1) is 12.0. The van der Waals surface area contributed by atoms with Gasteiger partial charge in [0, 0.05) is 6.61 Å². The van der Waals surface area contributed by atoms with Gasteiger partial charge in [-0.1, -0.05) is 27.2 Å². The highest BCUT2D eigenvalue weighted by atomic mass is 16.3. The van der Waals surface area contributed by atoms with E-state index >= 15 is 0 Å². The Morgan fingerprint density at radius 2 is 1.93 bits per heavy atom. The molecule has 1 saturated carbocycles. The quantitative estimate of drug-likeness (QED) is 0.734. The van der Waals surface area contributed by atoms with Gasteiger partial charge in [-0.3, -0.25) is 0 Å². The summed E-state index contributed by atoms with van der Waals surface area (Å²) in [7, 11) is 0. The topological polar surface area (TPSA) is 40.5 Å². The number of rotatable bonds is 3. The van der Waals surface area contributed by atoms with Crippen LogP contribution in [0.25, 0.3) is 0 Å². The molecule has 0 radical (unpaired) electrons. The molecular formula is C12H24O2. The van der Waals surface area contributed by atoms with Gasteiger partial charge in [-0.25, -0.2) is 0 Å². The maximum atomic E-state index is 10.3. The fourth-order valence-electron chi connectivity index (χ4n) is 2.66. The summed E-state index contributed by atoms with van der Waals surface area (Å²) >= 11 is 0. The lowest BCUT2D eigenvalue weighted by Gasteiger charge is -2.46. The second-order valence-corrected chi connectivity index (χ2v) is 5.54. The van der Waals surface area contributed by atoms with Crippen LogP contribution in [0, 0.1) is 11.3 Å². The Bertz CT molecular complexity index is 187. The van der Waals surface area contributed by atoms with Crippen LogP contribution in [0.1, 0.15) is 52.9 Å². The zero-order chi connectivity index (χ0) is 10.8. The van der Waals surface area contributed by atoms with Gasteiger partial charge in [0.05, 0.1) is 5.60 Å². The summed E-state index contributed by atoms with van der Waals surface area (Å²) in [5, 5.41) is 19.2. The van der Waals surface area contributed by atoms with Gasteiger partial charge in [-0.15, -0.1) is 0 Å². The Morgan fingerprint density at radius 1 is 1.29 bits per heavy atom. The largest absolute Gasteiger partial charge is 0.396 e. The molecule has 0 bridgehead atoms.